The van der Waals surface area contributed by atoms with Gasteiger partial charge in [0.05, 0.1) is 22.9 Å². The van der Waals surface area contributed by atoms with E-state index >= 15 is 0 Å². The van der Waals surface area contributed by atoms with Crippen LogP contribution in [-0.4, -0.2) is 8.42 Å². The van der Waals surface area contributed by atoms with E-state index in [9.17, 15) is 21.6 Å². The lowest BCUT2D eigenvalue weighted by Gasteiger charge is -2.10. The Balaban J connectivity index is 2.20. The average molecular weight is 340 g/mol. The molecule has 0 spiro atoms. The fraction of sp³-hybridized carbons (Fsp3) is 0.133. The first-order valence-corrected chi connectivity index (χ1v) is 7.87. The largest absolute Gasteiger partial charge is 0.416 e. The summed E-state index contributed by atoms with van der Waals surface area (Å²) < 4.78 is 64.0. The van der Waals surface area contributed by atoms with Crippen LogP contribution in [0.4, 0.5) is 18.9 Å². The van der Waals surface area contributed by atoms with Crippen LogP contribution in [-0.2, 0) is 22.6 Å². The number of alkyl halides is 3. The van der Waals surface area contributed by atoms with Crippen LogP contribution >= 0.6 is 0 Å². The smallest absolute Gasteiger partial charge is 0.280 e. The number of benzene rings is 2. The number of nitrogens with zero attached hydrogens (tertiary/aromatic N) is 1. The van der Waals surface area contributed by atoms with Crippen LogP contribution in [0.3, 0.4) is 0 Å². The van der Waals surface area contributed by atoms with Gasteiger partial charge in [0.25, 0.3) is 10.0 Å². The molecule has 0 amide bonds. The molecule has 0 aliphatic carbocycles. The molecule has 0 aliphatic rings. The molecule has 23 heavy (non-hydrogen) atoms. The molecule has 0 unspecified atom stereocenters. The number of anilines is 1. The third-order valence-corrected chi connectivity index (χ3v) is 4.38. The Morgan fingerprint density at radius 3 is 2.04 bits per heavy atom. The summed E-state index contributed by atoms with van der Waals surface area (Å²) in [5.41, 5.74) is 0.0638. The van der Waals surface area contributed by atoms with Crippen molar-refractivity contribution in [2.75, 3.05) is 4.72 Å². The van der Waals surface area contributed by atoms with Gasteiger partial charge in [0.2, 0.25) is 0 Å². The first-order chi connectivity index (χ1) is 10.7. The first-order valence-electron chi connectivity index (χ1n) is 6.38. The number of sulfonamides is 1. The maximum absolute atomic E-state index is 12.5. The summed E-state index contributed by atoms with van der Waals surface area (Å²) >= 11 is 0. The number of hydrogen-bond acceptors (Lipinski definition) is 3. The molecule has 1 N–H and O–H groups in total. The van der Waals surface area contributed by atoms with Gasteiger partial charge in [0.15, 0.2) is 0 Å². The van der Waals surface area contributed by atoms with Gasteiger partial charge in [-0.25, -0.2) is 8.42 Å². The number of nitriles is 1. The molecule has 2 aromatic carbocycles. The third kappa shape index (κ3) is 4.23. The van der Waals surface area contributed by atoms with E-state index in [1.54, 1.807) is 12.1 Å². The summed E-state index contributed by atoms with van der Waals surface area (Å²) in [7, 11) is -3.98. The molecular weight excluding hydrogens is 329 g/mol. The monoisotopic (exact) mass is 340 g/mol. The second-order valence-corrected chi connectivity index (χ2v) is 6.34. The van der Waals surface area contributed by atoms with E-state index in [0.29, 0.717) is 12.1 Å². The Kier molecular flexibility index (Phi) is 4.61. The molecule has 0 heterocycles. The summed E-state index contributed by atoms with van der Waals surface area (Å²) in [6.07, 6.45) is -4.32. The van der Waals surface area contributed by atoms with Gasteiger partial charge in [-0.1, -0.05) is 12.1 Å². The van der Waals surface area contributed by atoms with E-state index in [1.807, 2.05) is 6.07 Å². The maximum Gasteiger partial charge on any atom is 0.416 e. The molecule has 120 valence electrons. The maximum atomic E-state index is 12.5. The topological polar surface area (TPSA) is 70.0 Å². The quantitative estimate of drug-likeness (QED) is 0.925. The first kappa shape index (κ1) is 16.8. The summed E-state index contributed by atoms with van der Waals surface area (Å²) in [5, 5.41) is 8.56. The van der Waals surface area contributed by atoms with Gasteiger partial charge in [0, 0.05) is 5.69 Å². The molecule has 0 radical (unpaired) electrons. The lowest BCUT2D eigenvalue weighted by molar-refractivity contribution is -0.137. The lowest BCUT2D eigenvalue weighted by Crippen LogP contribution is -2.13. The van der Waals surface area contributed by atoms with Gasteiger partial charge < -0.3 is 0 Å². The Morgan fingerprint density at radius 1 is 1.00 bits per heavy atom. The van der Waals surface area contributed by atoms with Crippen LogP contribution in [0.5, 0.6) is 0 Å². The molecule has 0 bridgehead atoms. The van der Waals surface area contributed by atoms with Crippen molar-refractivity contribution in [1.82, 2.24) is 0 Å². The predicted octanol–water partition coefficient (Wildman–Crippen LogP) is 3.57. The Morgan fingerprint density at radius 2 is 1.57 bits per heavy atom. The van der Waals surface area contributed by atoms with Crippen molar-refractivity contribution < 1.29 is 21.6 Å². The van der Waals surface area contributed by atoms with Crippen molar-refractivity contribution in [2.45, 2.75) is 17.5 Å². The molecular formula is C15H11F3N2O2S. The van der Waals surface area contributed by atoms with E-state index in [2.05, 4.69) is 4.72 Å². The fourth-order valence-corrected chi connectivity index (χ4v) is 2.88. The zero-order valence-corrected chi connectivity index (χ0v) is 12.4. The van der Waals surface area contributed by atoms with Crippen molar-refractivity contribution in [3.8, 4) is 6.07 Å². The molecule has 0 fully saturated rings. The summed E-state index contributed by atoms with van der Waals surface area (Å²) in [4.78, 5) is -0.272. The minimum absolute atomic E-state index is 0.200. The lowest BCUT2D eigenvalue weighted by atomic mass is 10.1. The molecule has 0 atom stereocenters. The normalized spacial score (nSPS) is 11.7. The molecule has 0 saturated heterocycles. The Bertz CT molecular complexity index is 821. The predicted molar refractivity (Wildman–Crippen MR) is 78.0 cm³/mol. The molecule has 8 heteroatoms. The molecule has 2 rings (SSSR count). The van der Waals surface area contributed by atoms with E-state index in [1.165, 1.54) is 12.1 Å². The van der Waals surface area contributed by atoms with Gasteiger partial charge in [0.1, 0.15) is 0 Å². The summed E-state index contributed by atoms with van der Waals surface area (Å²) in [6, 6.07) is 11.3. The number of rotatable bonds is 4. The van der Waals surface area contributed by atoms with Gasteiger partial charge in [-0.3, -0.25) is 4.72 Å². The molecule has 2 aromatic rings. The second kappa shape index (κ2) is 6.30. The summed E-state index contributed by atoms with van der Waals surface area (Å²) in [6.45, 7) is 0. The minimum atomic E-state index is -4.52. The van der Waals surface area contributed by atoms with Gasteiger partial charge >= 0.3 is 6.18 Å². The SMILES string of the molecule is N#CCc1ccc(NS(=O)(=O)c2ccc(C(F)(F)F)cc2)cc1. The van der Waals surface area contributed by atoms with Crippen LogP contribution in [0.2, 0.25) is 0 Å². The van der Waals surface area contributed by atoms with Crippen molar-refractivity contribution >= 4 is 15.7 Å². The average Bonchev–Trinajstić information content (AvgIpc) is 2.48. The van der Waals surface area contributed by atoms with E-state index in [4.69, 9.17) is 5.26 Å². The van der Waals surface area contributed by atoms with Crippen LogP contribution < -0.4 is 4.72 Å². The van der Waals surface area contributed by atoms with Gasteiger partial charge in [-0.05, 0) is 42.0 Å². The summed E-state index contributed by atoms with van der Waals surface area (Å²) in [5.74, 6) is 0. The second-order valence-electron chi connectivity index (χ2n) is 4.66. The molecule has 0 aliphatic heterocycles. The van der Waals surface area contributed by atoms with Crippen molar-refractivity contribution in [1.29, 1.82) is 5.26 Å². The Hall–Kier alpha value is -2.53. The number of nitrogens with one attached hydrogen (secondary N) is 1. The van der Waals surface area contributed by atoms with Crippen molar-refractivity contribution in [2.24, 2.45) is 0 Å². The highest BCUT2D eigenvalue weighted by Crippen LogP contribution is 2.30. The standard InChI is InChI=1S/C15H11F3N2O2S/c16-15(17,18)12-3-7-14(8-4-12)23(21,22)20-13-5-1-11(2-6-13)9-10-19/h1-8,20H,9H2. The zero-order chi connectivity index (χ0) is 17.1. The molecule has 0 aromatic heterocycles. The van der Waals surface area contributed by atoms with Crippen molar-refractivity contribution in [3.63, 3.8) is 0 Å². The van der Waals surface area contributed by atoms with Gasteiger partial charge in [-0.15, -0.1) is 0 Å². The number of hydrogen-bond donors (Lipinski definition) is 1. The highest BCUT2D eigenvalue weighted by Gasteiger charge is 2.30. The van der Waals surface area contributed by atoms with Crippen molar-refractivity contribution in [3.05, 3.63) is 59.7 Å². The minimum Gasteiger partial charge on any atom is -0.280 e. The van der Waals surface area contributed by atoms with Crippen LogP contribution in [0.1, 0.15) is 11.1 Å². The fourth-order valence-electron chi connectivity index (χ4n) is 1.82. The van der Waals surface area contributed by atoms with E-state index in [-0.39, 0.29) is 17.0 Å². The van der Waals surface area contributed by atoms with E-state index in [0.717, 1.165) is 17.7 Å². The van der Waals surface area contributed by atoms with Gasteiger partial charge in [-0.2, -0.15) is 18.4 Å². The van der Waals surface area contributed by atoms with E-state index < -0.39 is 21.8 Å². The molecule has 0 saturated carbocycles. The zero-order valence-electron chi connectivity index (χ0n) is 11.6. The highest BCUT2D eigenvalue weighted by molar-refractivity contribution is 7.92. The van der Waals surface area contributed by atoms with Crippen LogP contribution in [0.25, 0.3) is 0 Å². The molecule has 4 nitrogen and oxygen atoms in total. The third-order valence-electron chi connectivity index (χ3n) is 2.98. The van der Waals surface area contributed by atoms with Crippen LogP contribution in [0.15, 0.2) is 53.4 Å². The highest BCUT2D eigenvalue weighted by atomic mass is 32.2. The number of halogens is 3. The van der Waals surface area contributed by atoms with Crippen LogP contribution in [0, 0.1) is 11.3 Å². The Labute approximate surface area is 131 Å².